The van der Waals surface area contributed by atoms with Crippen molar-refractivity contribution in [3.8, 4) is 0 Å². The van der Waals surface area contributed by atoms with Gasteiger partial charge in [-0.3, -0.25) is 9.69 Å². The Hall–Kier alpha value is -3.16. The summed E-state index contributed by atoms with van der Waals surface area (Å²) in [6.07, 6.45) is 0.705. The van der Waals surface area contributed by atoms with Crippen molar-refractivity contribution in [1.29, 1.82) is 0 Å². The Morgan fingerprint density at radius 1 is 0.966 bits per heavy atom. The summed E-state index contributed by atoms with van der Waals surface area (Å²) in [5.74, 6) is -0.861. The van der Waals surface area contributed by atoms with Crippen LogP contribution in [-0.4, -0.2) is 49.1 Å². The number of rotatable bonds is 2. The molecule has 1 N–H and O–H groups in total. The summed E-state index contributed by atoms with van der Waals surface area (Å²) < 4.78 is 27.3. The van der Waals surface area contributed by atoms with Gasteiger partial charge >= 0.3 is 6.03 Å². The number of likely N-dealkylation sites (tertiary alicyclic amines) is 1. The number of nitrogens with zero attached hydrogens (tertiary/aromatic N) is 3. The number of hydrogen-bond donors (Lipinski definition) is 1. The van der Waals surface area contributed by atoms with Gasteiger partial charge in [-0.2, -0.15) is 0 Å². The Bertz CT molecular complexity index is 935. The van der Waals surface area contributed by atoms with E-state index in [1.165, 1.54) is 31.2 Å². The largest absolute Gasteiger partial charge is 0.352 e. The van der Waals surface area contributed by atoms with E-state index in [1.807, 2.05) is 4.90 Å². The van der Waals surface area contributed by atoms with E-state index in [1.54, 1.807) is 28.0 Å². The van der Waals surface area contributed by atoms with Gasteiger partial charge in [0, 0.05) is 44.8 Å². The molecule has 0 aliphatic carbocycles. The number of anilines is 3. The van der Waals surface area contributed by atoms with Crippen molar-refractivity contribution in [2.24, 2.45) is 0 Å². The Labute approximate surface area is 167 Å². The zero-order valence-electron chi connectivity index (χ0n) is 16.1. The fourth-order valence-electron chi connectivity index (χ4n) is 3.98. The molecule has 8 heteroatoms. The molecular weight excluding hydrogens is 378 g/mol. The van der Waals surface area contributed by atoms with Crippen molar-refractivity contribution in [2.75, 3.05) is 36.0 Å². The first-order chi connectivity index (χ1) is 13.9. The number of carbonyl (C=O) groups excluding carboxylic acids is 2. The van der Waals surface area contributed by atoms with Gasteiger partial charge in [0.05, 0.1) is 11.4 Å². The maximum absolute atomic E-state index is 14.0. The molecule has 2 aliphatic heterocycles. The molecule has 3 amide bonds. The molecule has 2 aliphatic rings. The molecule has 1 saturated heterocycles. The maximum Gasteiger partial charge on any atom is 0.324 e. The molecule has 0 radical (unpaired) electrons. The minimum Gasteiger partial charge on any atom is -0.352 e. The Morgan fingerprint density at radius 2 is 1.69 bits per heavy atom. The third-order valence-electron chi connectivity index (χ3n) is 5.30. The average Bonchev–Trinajstić information content (AvgIpc) is 3.15. The van der Waals surface area contributed by atoms with Gasteiger partial charge in [-0.1, -0.05) is 0 Å². The predicted octanol–water partition coefficient (Wildman–Crippen LogP) is 3.25. The van der Waals surface area contributed by atoms with Gasteiger partial charge in [-0.25, -0.2) is 13.6 Å². The summed E-state index contributed by atoms with van der Waals surface area (Å²) in [4.78, 5) is 29.7. The van der Waals surface area contributed by atoms with Crippen LogP contribution >= 0.6 is 0 Å². The van der Waals surface area contributed by atoms with Crippen LogP contribution in [0.4, 0.5) is 30.6 Å². The molecule has 0 bridgehead atoms. The Kier molecular flexibility index (Phi) is 5.08. The monoisotopic (exact) mass is 400 g/mol. The van der Waals surface area contributed by atoms with Gasteiger partial charge < -0.3 is 15.1 Å². The third kappa shape index (κ3) is 3.87. The number of fused-ring (bicyclic) bond motifs is 1. The van der Waals surface area contributed by atoms with E-state index >= 15 is 0 Å². The smallest absolute Gasteiger partial charge is 0.324 e. The lowest BCUT2D eigenvalue weighted by Crippen LogP contribution is -2.49. The summed E-state index contributed by atoms with van der Waals surface area (Å²) in [6, 6.07) is 10.1. The van der Waals surface area contributed by atoms with Crippen molar-refractivity contribution in [1.82, 2.24) is 10.2 Å². The summed E-state index contributed by atoms with van der Waals surface area (Å²) >= 11 is 0. The van der Waals surface area contributed by atoms with Crippen LogP contribution < -0.4 is 15.1 Å². The maximum atomic E-state index is 14.0. The number of carbonyl (C=O) groups is 2. The fraction of sp³-hybridized carbons (Fsp3) is 0.333. The number of halogens is 2. The van der Waals surface area contributed by atoms with E-state index in [0.29, 0.717) is 44.0 Å². The van der Waals surface area contributed by atoms with Crippen LogP contribution in [0, 0.1) is 11.6 Å². The number of hydrogen-bond acceptors (Lipinski definition) is 3. The van der Waals surface area contributed by atoms with Crippen molar-refractivity contribution >= 4 is 29.0 Å². The zero-order chi connectivity index (χ0) is 20.5. The first-order valence-electron chi connectivity index (χ1n) is 9.58. The Balaban J connectivity index is 1.59. The van der Waals surface area contributed by atoms with Gasteiger partial charge in [0.15, 0.2) is 0 Å². The van der Waals surface area contributed by atoms with Crippen LogP contribution in [0.2, 0.25) is 0 Å². The van der Waals surface area contributed by atoms with Crippen LogP contribution in [0.5, 0.6) is 0 Å². The van der Waals surface area contributed by atoms with Crippen molar-refractivity contribution in [3.63, 3.8) is 0 Å². The molecule has 6 nitrogen and oxygen atoms in total. The summed E-state index contributed by atoms with van der Waals surface area (Å²) in [5, 5.41) is 2.85. The molecule has 2 aromatic carbocycles. The number of urea groups is 1. The van der Waals surface area contributed by atoms with Gasteiger partial charge in [-0.15, -0.1) is 0 Å². The molecule has 1 unspecified atom stereocenters. The van der Waals surface area contributed by atoms with Gasteiger partial charge in [-0.05, 0) is 48.9 Å². The number of amides is 3. The second kappa shape index (κ2) is 7.69. The fourth-order valence-corrected chi connectivity index (χ4v) is 3.98. The highest BCUT2D eigenvalue weighted by Crippen LogP contribution is 2.39. The molecule has 1 fully saturated rings. The molecule has 29 heavy (non-hydrogen) atoms. The molecule has 2 aromatic rings. The Morgan fingerprint density at radius 3 is 2.41 bits per heavy atom. The minimum atomic E-state index is -0.406. The van der Waals surface area contributed by atoms with Crippen LogP contribution in [0.1, 0.15) is 13.3 Å². The van der Waals surface area contributed by atoms with Crippen LogP contribution in [0.15, 0.2) is 42.5 Å². The normalized spacial score (nSPS) is 18.6. The second-order valence-corrected chi connectivity index (χ2v) is 7.33. The molecule has 0 aromatic heterocycles. The van der Waals surface area contributed by atoms with E-state index in [2.05, 4.69) is 5.32 Å². The highest BCUT2D eigenvalue weighted by Gasteiger charge is 2.34. The molecule has 2 heterocycles. The molecular formula is C21H22F2N4O2. The third-order valence-corrected chi connectivity index (χ3v) is 5.30. The number of nitrogens with one attached hydrogen (secondary N) is 1. The van der Waals surface area contributed by atoms with E-state index in [9.17, 15) is 18.4 Å². The van der Waals surface area contributed by atoms with Crippen LogP contribution in [-0.2, 0) is 4.79 Å². The van der Waals surface area contributed by atoms with Gasteiger partial charge in [0.2, 0.25) is 5.91 Å². The number of benzene rings is 2. The molecule has 4 rings (SSSR count). The summed E-state index contributed by atoms with van der Waals surface area (Å²) in [5.41, 5.74) is 1.90. The van der Waals surface area contributed by atoms with Crippen LogP contribution in [0.25, 0.3) is 0 Å². The molecule has 0 saturated carbocycles. The quantitative estimate of drug-likeness (QED) is 0.842. The van der Waals surface area contributed by atoms with Crippen molar-refractivity contribution in [3.05, 3.63) is 54.1 Å². The topological polar surface area (TPSA) is 55.9 Å². The second-order valence-electron chi connectivity index (χ2n) is 7.33. The summed E-state index contributed by atoms with van der Waals surface area (Å²) in [7, 11) is 0. The van der Waals surface area contributed by atoms with E-state index < -0.39 is 5.82 Å². The minimum absolute atomic E-state index is 0.0513. The lowest BCUT2D eigenvalue weighted by Gasteiger charge is -2.39. The van der Waals surface area contributed by atoms with Crippen molar-refractivity contribution in [2.45, 2.75) is 19.4 Å². The zero-order valence-corrected chi connectivity index (χ0v) is 16.1. The van der Waals surface area contributed by atoms with E-state index in [-0.39, 0.29) is 23.8 Å². The highest BCUT2D eigenvalue weighted by molar-refractivity contribution is 5.98. The molecule has 0 spiro atoms. The van der Waals surface area contributed by atoms with Gasteiger partial charge in [0.25, 0.3) is 0 Å². The van der Waals surface area contributed by atoms with Gasteiger partial charge in [0.1, 0.15) is 11.6 Å². The first-order valence-corrected chi connectivity index (χ1v) is 9.58. The summed E-state index contributed by atoms with van der Waals surface area (Å²) in [6.45, 7) is 3.34. The lowest BCUT2D eigenvalue weighted by atomic mass is 10.1. The predicted molar refractivity (Wildman–Crippen MR) is 106 cm³/mol. The lowest BCUT2D eigenvalue weighted by molar-refractivity contribution is -0.119. The highest BCUT2D eigenvalue weighted by atomic mass is 19.1. The standard InChI is InChI=1S/C21H22F2N4O2/c1-14(28)24-17-8-9-25(13-17)21(29)27-11-10-26(18-5-2-15(22)3-6-18)20-12-16(23)4-7-19(20)27/h2-7,12,17H,8-11,13H2,1H3,(H,24,28). The van der Waals surface area contributed by atoms with E-state index in [0.717, 1.165) is 5.69 Å². The molecule has 152 valence electrons. The van der Waals surface area contributed by atoms with Crippen LogP contribution in [0.3, 0.4) is 0 Å². The first kappa shape index (κ1) is 19.2. The molecule has 1 atom stereocenters. The van der Waals surface area contributed by atoms with Crippen molar-refractivity contribution < 1.29 is 18.4 Å². The SMILES string of the molecule is CC(=O)NC1CCN(C(=O)N2CCN(c3ccc(F)cc3)c3cc(F)ccc32)C1. The average molecular weight is 400 g/mol. The van der Waals surface area contributed by atoms with E-state index in [4.69, 9.17) is 0 Å².